The maximum atomic E-state index is 6.06. The lowest BCUT2D eigenvalue weighted by Crippen LogP contribution is -2.18. The normalized spacial score (nSPS) is 23.8. The number of hydrogen-bond donors (Lipinski definition) is 2. The van der Waals surface area contributed by atoms with Gasteiger partial charge in [0.15, 0.2) is 11.5 Å². The third-order valence-electron chi connectivity index (χ3n) is 6.06. The van der Waals surface area contributed by atoms with Gasteiger partial charge in [-0.05, 0) is 55.6 Å². The smallest absolute Gasteiger partial charge is 0.163 e. The number of rotatable bonds is 7. The average molecular weight is 383 g/mol. The van der Waals surface area contributed by atoms with Gasteiger partial charge in [-0.3, -0.25) is 9.82 Å². The lowest BCUT2D eigenvalue weighted by molar-refractivity contribution is 0.00757. The zero-order valence-corrected chi connectivity index (χ0v) is 16.7. The number of nitrogens with one attached hydrogen (secondary N) is 2. The second kappa shape index (κ2) is 7.41. The van der Waals surface area contributed by atoms with Crippen molar-refractivity contribution in [2.45, 2.75) is 45.1 Å². The second-order valence-corrected chi connectivity index (χ2v) is 8.50. The third kappa shape index (κ3) is 3.51. The van der Waals surface area contributed by atoms with E-state index in [9.17, 15) is 0 Å². The van der Waals surface area contributed by atoms with E-state index in [0.29, 0.717) is 12.5 Å². The lowest BCUT2D eigenvalue weighted by atomic mass is 10.0. The molecule has 0 spiro atoms. The van der Waals surface area contributed by atoms with Crippen molar-refractivity contribution in [1.29, 1.82) is 0 Å². The van der Waals surface area contributed by atoms with Crippen molar-refractivity contribution in [1.82, 2.24) is 10.5 Å². The fourth-order valence-corrected chi connectivity index (χ4v) is 4.30. The summed E-state index contributed by atoms with van der Waals surface area (Å²) in [6.07, 6.45) is 5.85. The molecular weight excluding hydrogens is 354 g/mol. The summed E-state index contributed by atoms with van der Waals surface area (Å²) >= 11 is 0. The monoisotopic (exact) mass is 383 g/mol. The Morgan fingerprint density at radius 1 is 1.21 bits per heavy atom. The molecule has 1 saturated carbocycles. The van der Waals surface area contributed by atoms with Gasteiger partial charge in [-0.1, -0.05) is 6.92 Å². The molecule has 2 heterocycles. The van der Waals surface area contributed by atoms with Crippen LogP contribution < -0.4 is 20.3 Å². The van der Waals surface area contributed by atoms with Crippen LogP contribution in [0.3, 0.4) is 0 Å². The zero-order valence-electron chi connectivity index (χ0n) is 16.7. The van der Waals surface area contributed by atoms with Crippen LogP contribution in [0, 0.1) is 11.8 Å². The number of hydroxylamine groups is 1. The minimum absolute atomic E-state index is 0.0741. The summed E-state index contributed by atoms with van der Waals surface area (Å²) in [5, 5.41) is 4.89. The van der Waals surface area contributed by atoms with Gasteiger partial charge in [-0.15, -0.1) is 0 Å². The van der Waals surface area contributed by atoms with Crippen molar-refractivity contribution in [3.8, 4) is 11.5 Å². The van der Waals surface area contributed by atoms with E-state index in [1.807, 2.05) is 6.07 Å². The Labute approximate surface area is 165 Å². The van der Waals surface area contributed by atoms with Crippen LogP contribution in [-0.4, -0.2) is 37.9 Å². The molecule has 0 bridgehead atoms. The minimum atomic E-state index is 0.0741. The van der Waals surface area contributed by atoms with Crippen molar-refractivity contribution < 1.29 is 14.3 Å². The van der Waals surface area contributed by atoms with E-state index in [-0.39, 0.29) is 6.10 Å². The predicted molar refractivity (Wildman–Crippen MR) is 109 cm³/mol. The van der Waals surface area contributed by atoms with E-state index in [4.69, 9.17) is 19.3 Å². The molecule has 1 saturated heterocycles. The maximum Gasteiger partial charge on any atom is 0.163 e. The van der Waals surface area contributed by atoms with Crippen molar-refractivity contribution in [2.75, 3.05) is 32.1 Å². The highest BCUT2D eigenvalue weighted by atomic mass is 16.7. The van der Waals surface area contributed by atoms with Crippen LogP contribution in [0.2, 0.25) is 0 Å². The number of aromatic nitrogens is 1. The largest absolute Gasteiger partial charge is 0.493 e. The van der Waals surface area contributed by atoms with E-state index in [1.54, 1.807) is 7.11 Å². The number of ether oxygens (including phenoxy) is 2. The van der Waals surface area contributed by atoms with Gasteiger partial charge in [0.25, 0.3) is 0 Å². The summed E-state index contributed by atoms with van der Waals surface area (Å²) in [5.74, 6) is 2.95. The molecule has 2 unspecified atom stereocenters. The molecule has 0 amide bonds. The highest BCUT2D eigenvalue weighted by molar-refractivity contribution is 5.96. The first-order chi connectivity index (χ1) is 13.7. The fourth-order valence-electron chi connectivity index (χ4n) is 4.30. The maximum absolute atomic E-state index is 6.06. The van der Waals surface area contributed by atoms with Gasteiger partial charge in [-0.2, -0.15) is 0 Å². The van der Waals surface area contributed by atoms with E-state index in [0.717, 1.165) is 60.7 Å². The molecule has 6 heteroatoms. The zero-order chi connectivity index (χ0) is 19.1. The molecule has 150 valence electrons. The Balaban J connectivity index is 1.51. The van der Waals surface area contributed by atoms with Gasteiger partial charge in [-0.25, -0.2) is 5.48 Å². The summed E-state index contributed by atoms with van der Waals surface area (Å²) in [6, 6.07) is 4.12. The molecule has 3 aliphatic rings. The standard InChI is InChI=1S/C22H29N3O3/c1-13-7-16-18(8-13)25-19-10-21(27-12-15-5-6-24-28-15)20(26-2)9-17(19)22(16)23-11-14-3-4-14/h9-10,13-15,24H,3-8,11-12H2,1-2H3,(H,23,25). The molecule has 0 radical (unpaired) electrons. The Bertz CT molecular complexity index is 875. The molecule has 1 aromatic heterocycles. The highest BCUT2D eigenvalue weighted by Crippen LogP contribution is 2.41. The van der Waals surface area contributed by atoms with E-state index >= 15 is 0 Å². The van der Waals surface area contributed by atoms with Crippen molar-refractivity contribution in [3.05, 3.63) is 23.4 Å². The van der Waals surface area contributed by atoms with Gasteiger partial charge in [0, 0.05) is 35.9 Å². The number of nitrogens with zero attached hydrogens (tertiary/aromatic N) is 1. The molecule has 5 rings (SSSR count). The summed E-state index contributed by atoms with van der Waals surface area (Å²) in [7, 11) is 1.70. The van der Waals surface area contributed by atoms with Crippen molar-refractivity contribution in [2.24, 2.45) is 11.8 Å². The number of pyridine rings is 1. The number of benzene rings is 1. The van der Waals surface area contributed by atoms with Crippen LogP contribution in [0.15, 0.2) is 12.1 Å². The van der Waals surface area contributed by atoms with Gasteiger partial charge in [0.1, 0.15) is 12.7 Å². The van der Waals surface area contributed by atoms with Crippen LogP contribution in [0.25, 0.3) is 10.9 Å². The predicted octanol–water partition coefficient (Wildman–Crippen LogP) is 3.47. The Morgan fingerprint density at radius 3 is 2.86 bits per heavy atom. The van der Waals surface area contributed by atoms with Crippen LogP contribution >= 0.6 is 0 Å². The molecule has 1 aliphatic heterocycles. The van der Waals surface area contributed by atoms with Crippen molar-refractivity contribution in [3.63, 3.8) is 0 Å². The van der Waals surface area contributed by atoms with Crippen LogP contribution in [-0.2, 0) is 17.7 Å². The molecule has 1 aromatic carbocycles. The van der Waals surface area contributed by atoms with Crippen LogP contribution in [0.5, 0.6) is 11.5 Å². The molecule has 28 heavy (non-hydrogen) atoms. The van der Waals surface area contributed by atoms with E-state index in [2.05, 4.69) is 23.8 Å². The van der Waals surface area contributed by atoms with E-state index in [1.165, 1.54) is 29.8 Å². The summed E-state index contributed by atoms with van der Waals surface area (Å²) in [5.41, 5.74) is 7.76. The molecule has 2 N–H and O–H groups in total. The van der Waals surface area contributed by atoms with Crippen LogP contribution in [0.4, 0.5) is 5.69 Å². The van der Waals surface area contributed by atoms with Gasteiger partial charge >= 0.3 is 0 Å². The number of methoxy groups -OCH3 is 1. The first kappa shape index (κ1) is 18.0. The topological polar surface area (TPSA) is 64.6 Å². The fraction of sp³-hybridized carbons (Fsp3) is 0.591. The number of anilines is 1. The Kier molecular flexibility index (Phi) is 4.77. The summed E-state index contributed by atoms with van der Waals surface area (Å²) in [4.78, 5) is 10.5. The molecule has 2 aliphatic carbocycles. The van der Waals surface area contributed by atoms with Crippen LogP contribution in [0.1, 0.15) is 37.4 Å². The summed E-state index contributed by atoms with van der Waals surface area (Å²) < 4.78 is 11.7. The highest BCUT2D eigenvalue weighted by Gasteiger charge is 2.27. The van der Waals surface area contributed by atoms with Crippen molar-refractivity contribution >= 4 is 16.6 Å². The third-order valence-corrected chi connectivity index (χ3v) is 6.06. The minimum Gasteiger partial charge on any atom is -0.493 e. The molecule has 6 nitrogen and oxygen atoms in total. The lowest BCUT2D eigenvalue weighted by Gasteiger charge is -2.18. The van der Waals surface area contributed by atoms with E-state index < -0.39 is 0 Å². The Morgan fingerprint density at radius 2 is 2.11 bits per heavy atom. The SMILES string of the molecule is COc1cc2c(NCC3CC3)c3c(nc2cc1OCC1CCNO1)CC(C)C3. The van der Waals surface area contributed by atoms with Gasteiger partial charge in [0.2, 0.25) is 0 Å². The number of hydrogen-bond acceptors (Lipinski definition) is 6. The molecule has 2 aromatic rings. The quantitative estimate of drug-likeness (QED) is 0.763. The first-order valence-electron chi connectivity index (χ1n) is 10.5. The number of fused-ring (bicyclic) bond motifs is 2. The van der Waals surface area contributed by atoms with Gasteiger partial charge < -0.3 is 14.8 Å². The Hall–Kier alpha value is -2.05. The summed E-state index contributed by atoms with van der Waals surface area (Å²) in [6.45, 7) is 4.72. The first-order valence-corrected chi connectivity index (χ1v) is 10.5. The molecule has 2 fully saturated rings. The second-order valence-electron chi connectivity index (χ2n) is 8.50. The average Bonchev–Trinajstić information content (AvgIpc) is 3.22. The molecule has 2 atom stereocenters. The molecular formula is C22H29N3O3. The van der Waals surface area contributed by atoms with Gasteiger partial charge in [0.05, 0.1) is 12.6 Å².